The minimum Gasteiger partial charge on any atom is -0.372 e. The Balaban J connectivity index is 1.79. The molecular weight excluding hydrogens is 298 g/mol. The third-order valence-corrected chi connectivity index (χ3v) is 6.15. The van der Waals surface area contributed by atoms with Crippen LogP contribution in [0.3, 0.4) is 0 Å². The summed E-state index contributed by atoms with van der Waals surface area (Å²) in [5.41, 5.74) is 0. The van der Waals surface area contributed by atoms with Crippen LogP contribution in [0.15, 0.2) is 17.2 Å². The summed E-state index contributed by atoms with van der Waals surface area (Å²) in [6, 6.07) is 1.51. The molecule has 2 aliphatic rings. The van der Waals surface area contributed by atoms with E-state index in [-0.39, 0.29) is 10.9 Å². The monoisotopic (exact) mass is 315 g/mol. The molecular formula is C13H18ClN3O2S. The van der Waals surface area contributed by atoms with Gasteiger partial charge in [-0.2, -0.15) is 0 Å². The Labute approximate surface area is 124 Å². The van der Waals surface area contributed by atoms with Gasteiger partial charge in [-0.3, -0.25) is 0 Å². The van der Waals surface area contributed by atoms with E-state index >= 15 is 0 Å². The van der Waals surface area contributed by atoms with Gasteiger partial charge in [0.1, 0.15) is 10.7 Å². The zero-order valence-electron chi connectivity index (χ0n) is 11.3. The summed E-state index contributed by atoms with van der Waals surface area (Å²) in [4.78, 5) is 4.15. The first-order chi connectivity index (χ1) is 9.49. The number of pyridine rings is 1. The van der Waals surface area contributed by atoms with Gasteiger partial charge in [0.2, 0.25) is 10.0 Å². The number of nitrogens with one attached hydrogen (secondary N) is 2. The van der Waals surface area contributed by atoms with E-state index in [9.17, 15) is 8.42 Å². The summed E-state index contributed by atoms with van der Waals surface area (Å²) in [5.74, 6) is 1.67. The molecule has 3 rings (SSSR count). The maximum Gasteiger partial charge on any atom is 0.242 e. The fourth-order valence-electron chi connectivity index (χ4n) is 3.41. The summed E-state index contributed by atoms with van der Waals surface area (Å²) in [6.07, 6.45) is 5.83. The van der Waals surface area contributed by atoms with Gasteiger partial charge in [-0.15, -0.1) is 0 Å². The Morgan fingerprint density at radius 2 is 2.15 bits per heavy atom. The van der Waals surface area contributed by atoms with Gasteiger partial charge in [-0.1, -0.05) is 18.0 Å². The van der Waals surface area contributed by atoms with Gasteiger partial charge < -0.3 is 5.32 Å². The van der Waals surface area contributed by atoms with Crippen LogP contribution in [0.25, 0.3) is 0 Å². The highest BCUT2D eigenvalue weighted by atomic mass is 35.5. The van der Waals surface area contributed by atoms with Gasteiger partial charge in [0.25, 0.3) is 0 Å². The van der Waals surface area contributed by atoms with Crippen molar-refractivity contribution >= 4 is 27.4 Å². The van der Waals surface area contributed by atoms with Gasteiger partial charge in [0, 0.05) is 19.3 Å². The SMILES string of the molecule is CNc1ncc(S(=O)(=O)NC2CC3CCC2C3)cc1Cl. The Morgan fingerprint density at radius 3 is 2.70 bits per heavy atom. The normalized spacial score (nSPS) is 28.8. The molecule has 0 amide bonds. The highest BCUT2D eigenvalue weighted by molar-refractivity contribution is 7.89. The summed E-state index contributed by atoms with van der Waals surface area (Å²) in [5, 5.41) is 3.12. The maximum atomic E-state index is 12.4. The molecule has 0 aliphatic heterocycles. The second kappa shape index (κ2) is 5.16. The molecule has 2 aliphatic carbocycles. The largest absolute Gasteiger partial charge is 0.372 e. The molecule has 3 unspecified atom stereocenters. The third-order valence-electron chi connectivity index (χ3n) is 4.41. The number of hydrogen-bond donors (Lipinski definition) is 2. The fraction of sp³-hybridized carbons (Fsp3) is 0.615. The van der Waals surface area contributed by atoms with E-state index in [2.05, 4.69) is 15.0 Å². The van der Waals surface area contributed by atoms with Crippen LogP contribution in [-0.4, -0.2) is 26.5 Å². The summed E-state index contributed by atoms with van der Waals surface area (Å²) < 4.78 is 27.6. The van der Waals surface area contributed by atoms with E-state index in [1.165, 1.54) is 18.7 Å². The van der Waals surface area contributed by atoms with Crippen LogP contribution < -0.4 is 10.0 Å². The lowest BCUT2D eigenvalue weighted by molar-refractivity contribution is 0.390. The Kier molecular flexibility index (Phi) is 3.64. The van der Waals surface area contributed by atoms with Crippen LogP contribution in [0.5, 0.6) is 0 Å². The molecule has 3 atom stereocenters. The molecule has 5 nitrogen and oxygen atoms in total. The number of fused-ring (bicyclic) bond motifs is 2. The van der Waals surface area contributed by atoms with Crippen molar-refractivity contribution in [3.8, 4) is 0 Å². The van der Waals surface area contributed by atoms with E-state index in [4.69, 9.17) is 11.6 Å². The van der Waals surface area contributed by atoms with Crippen molar-refractivity contribution in [1.82, 2.24) is 9.71 Å². The number of nitrogens with zero attached hydrogens (tertiary/aromatic N) is 1. The number of sulfonamides is 1. The summed E-state index contributed by atoms with van der Waals surface area (Å²) in [7, 11) is -1.85. The summed E-state index contributed by atoms with van der Waals surface area (Å²) >= 11 is 6.00. The zero-order valence-corrected chi connectivity index (χ0v) is 12.8. The van der Waals surface area contributed by atoms with Gasteiger partial charge in [0.15, 0.2) is 0 Å². The molecule has 1 aromatic rings. The van der Waals surface area contributed by atoms with Crippen molar-refractivity contribution in [2.24, 2.45) is 11.8 Å². The second-order valence-electron chi connectivity index (χ2n) is 5.65. The molecule has 2 fully saturated rings. The number of anilines is 1. The van der Waals surface area contributed by atoms with Crippen LogP contribution in [0.4, 0.5) is 5.82 Å². The average Bonchev–Trinajstić information content (AvgIpc) is 3.00. The molecule has 2 bridgehead atoms. The molecule has 7 heteroatoms. The predicted octanol–water partition coefficient (Wildman–Crippen LogP) is 2.24. The van der Waals surface area contributed by atoms with Crippen LogP contribution in [0.2, 0.25) is 5.02 Å². The minimum atomic E-state index is -3.54. The lowest BCUT2D eigenvalue weighted by atomic mass is 9.96. The lowest BCUT2D eigenvalue weighted by Crippen LogP contribution is -2.38. The number of rotatable bonds is 4. The van der Waals surface area contributed by atoms with Gasteiger partial charge >= 0.3 is 0 Å². The van der Waals surface area contributed by atoms with Gasteiger partial charge in [0.05, 0.1) is 5.02 Å². The third kappa shape index (κ3) is 2.52. The van der Waals surface area contributed by atoms with Gasteiger partial charge in [-0.25, -0.2) is 18.1 Å². The van der Waals surface area contributed by atoms with E-state index in [1.54, 1.807) is 7.05 Å². The van der Waals surface area contributed by atoms with Crippen molar-refractivity contribution in [3.05, 3.63) is 17.3 Å². The molecule has 0 spiro atoms. The van der Waals surface area contributed by atoms with Gasteiger partial charge in [-0.05, 0) is 37.2 Å². The van der Waals surface area contributed by atoms with Crippen molar-refractivity contribution in [3.63, 3.8) is 0 Å². The van der Waals surface area contributed by atoms with E-state index in [1.807, 2.05) is 0 Å². The fourth-order valence-corrected chi connectivity index (χ4v) is 5.02. The predicted molar refractivity (Wildman–Crippen MR) is 78.4 cm³/mol. The first-order valence-electron chi connectivity index (χ1n) is 6.85. The van der Waals surface area contributed by atoms with Crippen LogP contribution in [0.1, 0.15) is 25.7 Å². The van der Waals surface area contributed by atoms with Crippen molar-refractivity contribution < 1.29 is 8.42 Å². The Hall–Kier alpha value is -0.850. The number of aromatic nitrogens is 1. The number of hydrogen-bond acceptors (Lipinski definition) is 4. The minimum absolute atomic E-state index is 0.0708. The van der Waals surface area contributed by atoms with Crippen LogP contribution in [-0.2, 0) is 10.0 Å². The first-order valence-corrected chi connectivity index (χ1v) is 8.71. The van der Waals surface area contributed by atoms with Crippen LogP contribution >= 0.6 is 11.6 Å². The zero-order chi connectivity index (χ0) is 14.3. The molecule has 1 aromatic heterocycles. The van der Waals surface area contributed by atoms with Crippen molar-refractivity contribution in [2.75, 3.05) is 12.4 Å². The molecule has 2 saturated carbocycles. The summed E-state index contributed by atoms with van der Waals surface area (Å²) in [6.45, 7) is 0. The maximum absolute atomic E-state index is 12.4. The number of halogens is 1. The van der Waals surface area contributed by atoms with E-state index < -0.39 is 10.0 Å². The molecule has 0 saturated heterocycles. The lowest BCUT2D eigenvalue weighted by Gasteiger charge is -2.22. The molecule has 2 N–H and O–H groups in total. The molecule has 20 heavy (non-hydrogen) atoms. The molecule has 0 radical (unpaired) electrons. The quantitative estimate of drug-likeness (QED) is 0.894. The first kappa shape index (κ1) is 14.1. The smallest absolute Gasteiger partial charge is 0.242 e. The highest BCUT2D eigenvalue weighted by Gasteiger charge is 2.41. The second-order valence-corrected chi connectivity index (χ2v) is 7.78. The van der Waals surface area contributed by atoms with E-state index in [0.717, 1.165) is 19.3 Å². The standard InChI is InChI=1S/C13H18ClN3O2S/c1-15-13-11(14)6-10(7-16-13)20(18,19)17-12-5-8-2-3-9(12)4-8/h6-9,12,17H,2-5H2,1H3,(H,15,16). The Bertz CT molecular complexity index is 620. The molecule has 1 heterocycles. The molecule has 110 valence electrons. The topological polar surface area (TPSA) is 71.1 Å². The van der Waals surface area contributed by atoms with Crippen LogP contribution in [0, 0.1) is 11.8 Å². The average molecular weight is 316 g/mol. The van der Waals surface area contributed by atoms with Crippen molar-refractivity contribution in [1.29, 1.82) is 0 Å². The highest BCUT2D eigenvalue weighted by Crippen LogP contribution is 2.44. The Morgan fingerprint density at radius 1 is 1.35 bits per heavy atom. The molecule has 0 aromatic carbocycles. The van der Waals surface area contributed by atoms with Crippen molar-refractivity contribution in [2.45, 2.75) is 36.6 Å². The van der Waals surface area contributed by atoms with E-state index in [0.29, 0.717) is 22.7 Å².